The molecule has 7 nitrogen and oxygen atoms in total. The SMILES string of the molecule is CN1CCN(CCCNC(=O)c2cn(C)c(=O)c3c2c2ccccc2n3C)CC1. The third-order valence-electron chi connectivity index (χ3n) is 6.00. The highest BCUT2D eigenvalue weighted by atomic mass is 16.2. The van der Waals surface area contributed by atoms with Crippen LogP contribution in [0.5, 0.6) is 0 Å². The Labute approximate surface area is 170 Å². The molecule has 1 aliphatic heterocycles. The molecular weight excluding hydrogens is 366 g/mol. The van der Waals surface area contributed by atoms with Crippen molar-refractivity contribution in [1.82, 2.24) is 24.3 Å². The second kappa shape index (κ2) is 8.00. The van der Waals surface area contributed by atoms with Crippen LogP contribution >= 0.6 is 0 Å². The minimum atomic E-state index is -0.125. The number of nitrogens with zero attached hydrogens (tertiary/aromatic N) is 4. The van der Waals surface area contributed by atoms with Gasteiger partial charge >= 0.3 is 0 Å². The molecular formula is C22H29N5O2. The maximum atomic E-state index is 13.0. The summed E-state index contributed by atoms with van der Waals surface area (Å²) in [4.78, 5) is 30.6. The van der Waals surface area contributed by atoms with Crippen molar-refractivity contribution in [3.8, 4) is 0 Å². The summed E-state index contributed by atoms with van der Waals surface area (Å²) in [5.41, 5.74) is 1.98. The molecule has 0 radical (unpaired) electrons. The molecule has 0 spiro atoms. The van der Waals surface area contributed by atoms with Gasteiger partial charge in [-0.25, -0.2) is 0 Å². The number of aromatic nitrogens is 2. The topological polar surface area (TPSA) is 62.5 Å². The van der Waals surface area contributed by atoms with Crippen molar-refractivity contribution in [1.29, 1.82) is 0 Å². The molecule has 29 heavy (non-hydrogen) atoms. The predicted molar refractivity (Wildman–Crippen MR) is 117 cm³/mol. The van der Waals surface area contributed by atoms with Gasteiger partial charge in [-0.05, 0) is 26.1 Å². The van der Waals surface area contributed by atoms with E-state index in [9.17, 15) is 9.59 Å². The van der Waals surface area contributed by atoms with Crippen LogP contribution in [0.4, 0.5) is 0 Å². The van der Waals surface area contributed by atoms with Gasteiger partial charge in [0.05, 0.1) is 5.56 Å². The number of amides is 1. The van der Waals surface area contributed by atoms with Gasteiger partial charge in [-0.3, -0.25) is 9.59 Å². The number of aryl methyl sites for hydroxylation is 2. The summed E-state index contributed by atoms with van der Waals surface area (Å²) < 4.78 is 3.39. The van der Waals surface area contributed by atoms with Crippen molar-refractivity contribution in [3.63, 3.8) is 0 Å². The first-order valence-electron chi connectivity index (χ1n) is 10.2. The highest BCUT2D eigenvalue weighted by Gasteiger charge is 2.20. The number of hydrogen-bond donors (Lipinski definition) is 1. The molecule has 0 saturated carbocycles. The molecule has 2 aromatic heterocycles. The van der Waals surface area contributed by atoms with Gasteiger partial charge in [-0.15, -0.1) is 0 Å². The zero-order chi connectivity index (χ0) is 20.5. The number of fused-ring (bicyclic) bond motifs is 3. The van der Waals surface area contributed by atoms with E-state index in [2.05, 4.69) is 22.2 Å². The molecule has 1 aliphatic rings. The molecule has 1 fully saturated rings. The van der Waals surface area contributed by atoms with Gasteiger partial charge in [0.15, 0.2) is 0 Å². The Balaban J connectivity index is 1.54. The summed E-state index contributed by atoms with van der Waals surface area (Å²) >= 11 is 0. The van der Waals surface area contributed by atoms with Crippen LogP contribution < -0.4 is 10.9 Å². The van der Waals surface area contributed by atoms with Crippen LogP contribution in [0.2, 0.25) is 0 Å². The Morgan fingerprint density at radius 3 is 2.55 bits per heavy atom. The first-order chi connectivity index (χ1) is 14.0. The van der Waals surface area contributed by atoms with Crippen LogP contribution in [0.1, 0.15) is 16.8 Å². The molecule has 1 saturated heterocycles. The van der Waals surface area contributed by atoms with Crippen LogP contribution in [0.25, 0.3) is 21.8 Å². The smallest absolute Gasteiger partial charge is 0.274 e. The van der Waals surface area contributed by atoms with Crippen molar-refractivity contribution >= 4 is 27.7 Å². The zero-order valence-electron chi connectivity index (χ0n) is 17.4. The van der Waals surface area contributed by atoms with Gasteiger partial charge < -0.3 is 24.3 Å². The van der Waals surface area contributed by atoms with Gasteiger partial charge in [-0.1, -0.05) is 18.2 Å². The largest absolute Gasteiger partial charge is 0.352 e. The number of carbonyl (C=O) groups excluding carboxylic acids is 1. The van der Waals surface area contributed by atoms with E-state index in [0.29, 0.717) is 17.6 Å². The second-order valence-corrected chi connectivity index (χ2v) is 8.01. The fourth-order valence-corrected chi connectivity index (χ4v) is 4.24. The van der Waals surface area contributed by atoms with Crippen molar-refractivity contribution < 1.29 is 4.79 Å². The lowest BCUT2D eigenvalue weighted by atomic mass is 10.1. The molecule has 154 valence electrons. The van der Waals surface area contributed by atoms with E-state index >= 15 is 0 Å². The van der Waals surface area contributed by atoms with E-state index in [0.717, 1.165) is 55.4 Å². The number of benzene rings is 1. The molecule has 1 aromatic carbocycles. The summed E-state index contributed by atoms with van der Waals surface area (Å²) in [5.74, 6) is -0.125. The number of para-hydroxylation sites is 1. The standard InChI is InChI=1S/C22H29N5O2/c1-24-11-13-27(14-12-24)10-6-9-23-21(28)17-15-25(2)22(29)20-19(17)16-7-4-5-8-18(16)26(20)3/h4-5,7-8,15H,6,9-14H2,1-3H3,(H,23,28). The van der Waals surface area contributed by atoms with Crippen LogP contribution in [0.15, 0.2) is 35.3 Å². The Hall–Kier alpha value is -2.64. The van der Waals surface area contributed by atoms with E-state index in [-0.39, 0.29) is 11.5 Å². The fourth-order valence-electron chi connectivity index (χ4n) is 4.24. The molecule has 3 heterocycles. The minimum absolute atomic E-state index is 0.0923. The Kier molecular flexibility index (Phi) is 5.43. The molecule has 0 aliphatic carbocycles. The van der Waals surface area contributed by atoms with E-state index in [4.69, 9.17) is 0 Å². The van der Waals surface area contributed by atoms with Crippen LogP contribution in [-0.2, 0) is 14.1 Å². The van der Waals surface area contributed by atoms with Gasteiger partial charge in [0.1, 0.15) is 5.52 Å². The first-order valence-corrected chi connectivity index (χ1v) is 10.2. The molecule has 7 heteroatoms. The lowest BCUT2D eigenvalue weighted by molar-refractivity contribution is 0.0950. The predicted octanol–water partition coefficient (Wildman–Crippen LogP) is 1.40. The number of carbonyl (C=O) groups is 1. The first kappa shape index (κ1) is 19.7. The monoisotopic (exact) mass is 395 g/mol. The summed E-state index contributed by atoms with van der Waals surface area (Å²) in [6.45, 7) is 5.99. The van der Waals surface area contributed by atoms with E-state index in [1.807, 2.05) is 35.9 Å². The maximum Gasteiger partial charge on any atom is 0.274 e. The van der Waals surface area contributed by atoms with E-state index in [1.54, 1.807) is 13.2 Å². The molecule has 0 unspecified atom stereocenters. The normalized spacial score (nSPS) is 16.0. The van der Waals surface area contributed by atoms with Crippen molar-refractivity contribution in [2.24, 2.45) is 14.1 Å². The lowest BCUT2D eigenvalue weighted by Gasteiger charge is -2.32. The van der Waals surface area contributed by atoms with E-state index < -0.39 is 0 Å². The van der Waals surface area contributed by atoms with Crippen molar-refractivity contribution in [2.45, 2.75) is 6.42 Å². The van der Waals surface area contributed by atoms with Gasteiger partial charge in [-0.2, -0.15) is 0 Å². The van der Waals surface area contributed by atoms with Crippen LogP contribution in [-0.4, -0.2) is 71.2 Å². The summed E-state index contributed by atoms with van der Waals surface area (Å²) in [5, 5.41) is 4.73. The highest BCUT2D eigenvalue weighted by molar-refractivity contribution is 6.17. The van der Waals surface area contributed by atoms with Gasteiger partial charge in [0, 0.05) is 69.3 Å². The molecule has 3 aromatic rings. The molecule has 1 amide bonds. The summed E-state index contributed by atoms with van der Waals surface area (Å²) in [6, 6.07) is 7.84. The number of likely N-dealkylation sites (N-methyl/N-ethyl adjacent to an activating group) is 1. The Bertz CT molecular complexity index is 1110. The zero-order valence-corrected chi connectivity index (χ0v) is 17.4. The number of rotatable bonds is 5. The average molecular weight is 396 g/mol. The van der Waals surface area contributed by atoms with Gasteiger partial charge in [0.25, 0.3) is 11.5 Å². The minimum Gasteiger partial charge on any atom is -0.352 e. The quantitative estimate of drug-likeness (QED) is 0.664. The van der Waals surface area contributed by atoms with Crippen molar-refractivity contribution in [3.05, 3.63) is 46.4 Å². The number of piperazine rings is 1. The number of hydrogen-bond acceptors (Lipinski definition) is 4. The fraction of sp³-hybridized carbons (Fsp3) is 0.455. The van der Waals surface area contributed by atoms with Gasteiger partial charge in [0.2, 0.25) is 0 Å². The number of nitrogens with one attached hydrogen (secondary N) is 1. The van der Waals surface area contributed by atoms with Crippen LogP contribution in [0.3, 0.4) is 0 Å². The van der Waals surface area contributed by atoms with Crippen molar-refractivity contribution in [2.75, 3.05) is 46.3 Å². The Morgan fingerprint density at radius 1 is 1.07 bits per heavy atom. The number of pyridine rings is 1. The third-order valence-corrected chi connectivity index (χ3v) is 6.00. The summed E-state index contributed by atoms with van der Waals surface area (Å²) in [7, 11) is 5.73. The van der Waals surface area contributed by atoms with Crippen LogP contribution in [0, 0.1) is 0 Å². The highest BCUT2D eigenvalue weighted by Crippen LogP contribution is 2.28. The van der Waals surface area contributed by atoms with E-state index in [1.165, 1.54) is 4.57 Å². The molecule has 4 rings (SSSR count). The Morgan fingerprint density at radius 2 is 1.79 bits per heavy atom. The molecule has 0 bridgehead atoms. The maximum absolute atomic E-state index is 13.0. The lowest BCUT2D eigenvalue weighted by Crippen LogP contribution is -2.45. The molecule has 1 N–H and O–H groups in total. The third kappa shape index (κ3) is 3.68. The second-order valence-electron chi connectivity index (χ2n) is 8.01. The summed E-state index contributed by atoms with van der Waals surface area (Å²) in [6.07, 6.45) is 2.58. The molecule has 0 atom stereocenters. The average Bonchev–Trinajstić information content (AvgIpc) is 3.02.